The van der Waals surface area contributed by atoms with Gasteiger partial charge >= 0.3 is 6.18 Å². The van der Waals surface area contributed by atoms with E-state index in [2.05, 4.69) is 22.3 Å². The number of rotatable bonds is 5. The lowest BCUT2D eigenvalue weighted by molar-refractivity contribution is -0.143. The highest BCUT2D eigenvalue weighted by Gasteiger charge is 2.40. The minimum absolute atomic E-state index is 0.0743. The van der Waals surface area contributed by atoms with Gasteiger partial charge in [0.15, 0.2) is 5.69 Å². The number of amides is 2. The third kappa shape index (κ3) is 5.04. The summed E-state index contributed by atoms with van der Waals surface area (Å²) in [7, 11) is 0. The van der Waals surface area contributed by atoms with Crippen LogP contribution in [0.1, 0.15) is 16.1 Å². The van der Waals surface area contributed by atoms with E-state index in [0.29, 0.717) is 10.4 Å². The van der Waals surface area contributed by atoms with Crippen molar-refractivity contribution >= 4 is 40.5 Å². The van der Waals surface area contributed by atoms with Gasteiger partial charge < -0.3 is 16.4 Å². The molecular formula is C20H15ClF3N5O2. The predicted molar refractivity (Wildman–Crippen MR) is 111 cm³/mol. The van der Waals surface area contributed by atoms with Gasteiger partial charge in [0.2, 0.25) is 5.91 Å². The maximum atomic E-state index is 13.8. The minimum atomic E-state index is -4.87. The lowest BCUT2D eigenvalue weighted by Crippen LogP contribution is -2.20. The van der Waals surface area contributed by atoms with Gasteiger partial charge in [0.25, 0.3) is 5.91 Å². The van der Waals surface area contributed by atoms with Crippen LogP contribution < -0.4 is 16.4 Å². The van der Waals surface area contributed by atoms with Gasteiger partial charge in [0, 0.05) is 22.1 Å². The molecule has 0 saturated carbocycles. The number of anilines is 3. The van der Waals surface area contributed by atoms with Gasteiger partial charge in [-0.15, -0.1) is 0 Å². The number of nitrogens with one attached hydrogen (secondary N) is 2. The topological polar surface area (TPSA) is 102 Å². The summed E-state index contributed by atoms with van der Waals surface area (Å²) >= 11 is 5.97. The van der Waals surface area contributed by atoms with Crippen molar-refractivity contribution in [3.63, 3.8) is 0 Å². The Labute approximate surface area is 179 Å². The molecule has 0 bridgehead atoms. The first-order valence-electron chi connectivity index (χ1n) is 8.65. The van der Waals surface area contributed by atoms with Gasteiger partial charge in [0.1, 0.15) is 0 Å². The van der Waals surface area contributed by atoms with Crippen molar-refractivity contribution in [3.05, 3.63) is 77.6 Å². The quantitative estimate of drug-likeness (QED) is 0.394. The number of alkyl halides is 3. The number of nitrogens with two attached hydrogens (primary N) is 1. The second-order valence-corrected chi connectivity index (χ2v) is 6.72. The molecule has 160 valence electrons. The van der Waals surface area contributed by atoms with Crippen LogP contribution in [0, 0.1) is 0 Å². The van der Waals surface area contributed by atoms with Crippen molar-refractivity contribution in [3.8, 4) is 5.69 Å². The van der Waals surface area contributed by atoms with Crippen molar-refractivity contribution in [1.82, 2.24) is 9.78 Å². The zero-order valence-corrected chi connectivity index (χ0v) is 16.5. The third-order valence-electron chi connectivity index (χ3n) is 4.03. The number of nitrogen functional groups attached to an aromatic ring is 1. The average molecular weight is 450 g/mol. The van der Waals surface area contributed by atoms with E-state index in [1.807, 2.05) is 0 Å². The van der Waals surface area contributed by atoms with Gasteiger partial charge in [0.05, 0.1) is 17.4 Å². The number of carbonyl (C=O) groups excluding carboxylic acids is 2. The molecule has 31 heavy (non-hydrogen) atoms. The number of hydrogen-bond donors (Lipinski definition) is 3. The lowest BCUT2D eigenvalue weighted by atomic mass is 10.2. The normalized spacial score (nSPS) is 11.1. The van der Waals surface area contributed by atoms with E-state index in [1.165, 1.54) is 42.5 Å². The van der Waals surface area contributed by atoms with Crippen LogP contribution in [-0.2, 0) is 11.0 Å². The van der Waals surface area contributed by atoms with E-state index in [1.54, 1.807) is 0 Å². The maximum Gasteiger partial charge on any atom is 0.434 e. The van der Waals surface area contributed by atoms with E-state index in [-0.39, 0.29) is 22.1 Å². The monoisotopic (exact) mass is 449 g/mol. The van der Waals surface area contributed by atoms with Crippen molar-refractivity contribution in [2.24, 2.45) is 0 Å². The number of benzene rings is 2. The van der Waals surface area contributed by atoms with E-state index in [4.69, 9.17) is 17.3 Å². The molecule has 1 aromatic heterocycles. The van der Waals surface area contributed by atoms with E-state index in [0.717, 1.165) is 12.3 Å². The molecule has 0 fully saturated rings. The molecule has 0 radical (unpaired) electrons. The number of nitrogens with zero attached hydrogens (tertiary/aromatic N) is 2. The maximum absolute atomic E-state index is 13.8. The molecule has 0 aliphatic carbocycles. The van der Waals surface area contributed by atoms with Crippen LogP contribution in [0.4, 0.5) is 30.2 Å². The van der Waals surface area contributed by atoms with Crippen molar-refractivity contribution in [1.29, 1.82) is 0 Å². The Balaban J connectivity index is 1.96. The molecule has 0 unspecified atom stereocenters. The number of aromatic nitrogens is 2. The average Bonchev–Trinajstić information content (AvgIpc) is 3.14. The summed E-state index contributed by atoms with van der Waals surface area (Å²) in [6.45, 7) is 3.32. The first kappa shape index (κ1) is 21.9. The predicted octanol–water partition coefficient (Wildman–Crippen LogP) is 4.50. The van der Waals surface area contributed by atoms with E-state index < -0.39 is 29.2 Å². The SMILES string of the molecule is C=CC(=O)Nc1cc(Cl)cc(NC(=O)c2cnn(-c3ccc(N)cc3)c2C(F)(F)F)c1. The molecule has 2 amide bonds. The van der Waals surface area contributed by atoms with E-state index >= 15 is 0 Å². The fourth-order valence-corrected chi connectivity index (χ4v) is 2.96. The zero-order valence-electron chi connectivity index (χ0n) is 15.7. The molecule has 0 spiro atoms. The fourth-order valence-electron chi connectivity index (χ4n) is 2.72. The fraction of sp³-hybridized carbons (Fsp3) is 0.0500. The highest BCUT2D eigenvalue weighted by atomic mass is 35.5. The van der Waals surface area contributed by atoms with Gasteiger partial charge in [-0.05, 0) is 48.5 Å². The smallest absolute Gasteiger partial charge is 0.399 e. The van der Waals surface area contributed by atoms with Crippen LogP contribution in [0.3, 0.4) is 0 Å². The number of halogens is 4. The summed E-state index contributed by atoms with van der Waals surface area (Å²) in [5.74, 6) is -1.58. The number of hydrogen-bond acceptors (Lipinski definition) is 4. The van der Waals surface area contributed by atoms with E-state index in [9.17, 15) is 22.8 Å². The van der Waals surface area contributed by atoms with Crippen LogP contribution >= 0.6 is 11.6 Å². The molecule has 3 aromatic rings. The highest BCUT2D eigenvalue weighted by molar-refractivity contribution is 6.31. The Bertz CT molecular complexity index is 1160. The van der Waals surface area contributed by atoms with Gasteiger partial charge in [-0.25, -0.2) is 4.68 Å². The summed E-state index contributed by atoms with van der Waals surface area (Å²) in [5, 5.41) is 8.67. The summed E-state index contributed by atoms with van der Waals surface area (Å²) in [6, 6.07) is 9.60. The molecule has 0 aliphatic rings. The van der Waals surface area contributed by atoms with Crippen molar-refractivity contribution < 1.29 is 22.8 Å². The van der Waals surface area contributed by atoms with Crippen LogP contribution in [0.5, 0.6) is 0 Å². The highest BCUT2D eigenvalue weighted by Crippen LogP contribution is 2.34. The molecule has 3 rings (SSSR count). The molecule has 4 N–H and O–H groups in total. The Morgan fingerprint density at radius 1 is 1.10 bits per heavy atom. The summed E-state index contributed by atoms with van der Waals surface area (Å²) in [5.41, 5.74) is 4.37. The lowest BCUT2D eigenvalue weighted by Gasteiger charge is -2.13. The van der Waals surface area contributed by atoms with Crippen LogP contribution in [-0.4, -0.2) is 21.6 Å². The largest absolute Gasteiger partial charge is 0.434 e. The molecule has 0 saturated heterocycles. The molecule has 11 heteroatoms. The molecular weight excluding hydrogens is 435 g/mol. The van der Waals surface area contributed by atoms with Crippen LogP contribution in [0.15, 0.2) is 61.3 Å². The first-order chi connectivity index (χ1) is 14.6. The Hall–Kier alpha value is -3.79. The van der Waals surface area contributed by atoms with Gasteiger partial charge in [-0.2, -0.15) is 18.3 Å². The molecule has 1 heterocycles. The van der Waals surface area contributed by atoms with Crippen molar-refractivity contribution in [2.75, 3.05) is 16.4 Å². The van der Waals surface area contributed by atoms with Crippen molar-refractivity contribution in [2.45, 2.75) is 6.18 Å². The Morgan fingerprint density at radius 3 is 2.29 bits per heavy atom. The van der Waals surface area contributed by atoms with Gasteiger partial charge in [-0.1, -0.05) is 18.2 Å². The standard InChI is InChI=1S/C20H15ClF3N5O2/c1-2-17(30)27-13-7-11(21)8-14(9-13)28-19(31)16-10-26-29(18(16)20(22,23)24)15-5-3-12(25)4-6-15/h2-10H,1,25H2,(H,27,30)(H,28,31). The Kier molecular flexibility index (Phi) is 6.02. The Morgan fingerprint density at radius 2 is 1.71 bits per heavy atom. The molecule has 0 atom stereocenters. The second-order valence-electron chi connectivity index (χ2n) is 6.28. The second kappa shape index (κ2) is 8.52. The van der Waals surface area contributed by atoms with Gasteiger partial charge in [-0.3, -0.25) is 9.59 Å². The molecule has 2 aromatic carbocycles. The van der Waals surface area contributed by atoms with Crippen LogP contribution in [0.25, 0.3) is 5.69 Å². The van der Waals surface area contributed by atoms with Crippen LogP contribution in [0.2, 0.25) is 5.02 Å². The summed E-state index contributed by atoms with van der Waals surface area (Å²) in [4.78, 5) is 24.1. The summed E-state index contributed by atoms with van der Waals surface area (Å²) < 4.78 is 41.9. The summed E-state index contributed by atoms with van der Waals surface area (Å²) in [6.07, 6.45) is -3.03. The zero-order chi connectivity index (χ0) is 22.8. The minimum Gasteiger partial charge on any atom is -0.399 e. The molecule has 7 nitrogen and oxygen atoms in total. The number of carbonyl (C=O) groups is 2. The third-order valence-corrected chi connectivity index (χ3v) is 4.25. The first-order valence-corrected chi connectivity index (χ1v) is 9.03. The molecule has 0 aliphatic heterocycles.